The van der Waals surface area contributed by atoms with Gasteiger partial charge in [0.1, 0.15) is 5.75 Å². The van der Waals surface area contributed by atoms with Gasteiger partial charge in [-0.05, 0) is 24.1 Å². The number of phenolic OH excluding ortho intramolecular Hbond substituents is 1. The summed E-state index contributed by atoms with van der Waals surface area (Å²) in [5, 5.41) is 13.6. The van der Waals surface area contributed by atoms with E-state index in [9.17, 15) is 5.11 Å². The highest BCUT2D eigenvalue weighted by Crippen LogP contribution is 2.35. The average Bonchev–Trinajstić information content (AvgIpc) is 2.33. The van der Waals surface area contributed by atoms with Crippen LogP contribution in [0.3, 0.4) is 0 Å². The van der Waals surface area contributed by atoms with E-state index in [1.54, 1.807) is 6.07 Å². The molecule has 0 radical (unpaired) electrons. The van der Waals surface area contributed by atoms with E-state index in [2.05, 4.69) is 12.2 Å². The molecule has 1 saturated heterocycles. The summed E-state index contributed by atoms with van der Waals surface area (Å²) in [6, 6.07) is 3.77. The van der Waals surface area contributed by atoms with Crippen LogP contribution in [0, 0.1) is 0 Å². The first-order valence-electron chi connectivity index (χ1n) is 5.56. The maximum atomic E-state index is 9.93. The molecule has 1 aromatic carbocycles. The van der Waals surface area contributed by atoms with Crippen LogP contribution in [0.2, 0.25) is 5.02 Å². The number of rotatable bonds is 2. The lowest BCUT2D eigenvalue weighted by Crippen LogP contribution is -2.33. The average molecular weight is 242 g/mol. The Kier molecular flexibility index (Phi) is 3.69. The predicted molar refractivity (Wildman–Crippen MR) is 64.1 cm³/mol. The highest BCUT2D eigenvalue weighted by atomic mass is 35.5. The normalized spacial score (nSPS) is 21.0. The van der Waals surface area contributed by atoms with E-state index in [-0.39, 0.29) is 11.9 Å². The number of hydrogen-bond donors (Lipinski definition) is 2. The second kappa shape index (κ2) is 5.04. The quantitative estimate of drug-likeness (QED) is 0.835. The highest BCUT2D eigenvalue weighted by molar-refractivity contribution is 6.32. The Morgan fingerprint density at radius 3 is 3.00 bits per heavy atom. The van der Waals surface area contributed by atoms with Crippen LogP contribution in [0.15, 0.2) is 12.1 Å². The zero-order chi connectivity index (χ0) is 11.5. The van der Waals surface area contributed by atoms with E-state index in [0.29, 0.717) is 11.6 Å². The van der Waals surface area contributed by atoms with Gasteiger partial charge in [-0.1, -0.05) is 18.5 Å². The number of halogens is 1. The molecule has 1 aliphatic rings. The van der Waals surface area contributed by atoms with Gasteiger partial charge in [-0.2, -0.15) is 0 Å². The molecule has 4 heteroatoms. The van der Waals surface area contributed by atoms with Gasteiger partial charge in [-0.3, -0.25) is 0 Å². The van der Waals surface area contributed by atoms with Crippen LogP contribution in [-0.4, -0.2) is 24.8 Å². The lowest BCUT2D eigenvalue weighted by atomic mass is 10.0. The second-order valence-electron chi connectivity index (χ2n) is 3.93. The summed E-state index contributed by atoms with van der Waals surface area (Å²) in [4.78, 5) is 0. The van der Waals surface area contributed by atoms with Crippen LogP contribution in [0.25, 0.3) is 0 Å². The summed E-state index contributed by atoms with van der Waals surface area (Å²) in [7, 11) is 0. The molecule has 0 amide bonds. The van der Waals surface area contributed by atoms with Crippen LogP contribution in [0.4, 0.5) is 0 Å². The molecule has 1 unspecified atom stereocenters. The molecular weight excluding hydrogens is 226 g/mol. The van der Waals surface area contributed by atoms with Crippen molar-refractivity contribution in [2.24, 2.45) is 0 Å². The minimum atomic E-state index is -0.0993. The van der Waals surface area contributed by atoms with Gasteiger partial charge in [-0.15, -0.1) is 0 Å². The minimum Gasteiger partial charge on any atom is -0.506 e. The number of ether oxygens (including phenoxy) is 1. The summed E-state index contributed by atoms with van der Waals surface area (Å²) < 4.78 is 5.62. The first-order valence-corrected chi connectivity index (χ1v) is 5.93. The van der Waals surface area contributed by atoms with Crippen molar-refractivity contribution in [2.75, 3.05) is 19.7 Å². The third-order valence-corrected chi connectivity index (χ3v) is 3.12. The summed E-state index contributed by atoms with van der Waals surface area (Å²) in [6.45, 7) is 4.31. The van der Waals surface area contributed by atoms with Crippen molar-refractivity contribution in [3.8, 4) is 5.75 Å². The molecule has 1 atom stereocenters. The topological polar surface area (TPSA) is 41.5 Å². The molecular formula is C12H16ClNO2. The molecule has 1 aliphatic heterocycles. The zero-order valence-electron chi connectivity index (χ0n) is 9.29. The van der Waals surface area contributed by atoms with Gasteiger partial charge in [0, 0.05) is 18.7 Å². The van der Waals surface area contributed by atoms with Gasteiger partial charge < -0.3 is 15.2 Å². The number of morpholine rings is 1. The highest BCUT2D eigenvalue weighted by Gasteiger charge is 2.20. The molecule has 3 nitrogen and oxygen atoms in total. The largest absolute Gasteiger partial charge is 0.506 e. The SMILES string of the molecule is CCc1cc(Cl)c(O)c(C2CNCCO2)c1. The van der Waals surface area contributed by atoms with Crippen LogP contribution in [0.5, 0.6) is 5.75 Å². The molecule has 0 aliphatic carbocycles. The lowest BCUT2D eigenvalue weighted by Gasteiger charge is -2.25. The number of benzene rings is 1. The Hall–Kier alpha value is -0.770. The molecule has 2 rings (SSSR count). The molecule has 0 bridgehead atoms. The molecule has 0 spiro atoms. The van der Waals surface area contributed by atoms with E-state index in [1.165, 1.54) is 0 Å². The Bertz CT molecular complexity index is 376. The van der Waals surface area contributed by atoms with Crippen LogP contribution in [0.1, 0.15) is 24.2 Å². The molecule has 16 heavy (non-hydrogen) atoms. The van der Waals surface area contributed by atoms with Crippen LogP contribution < -0.4 is 5.32 Å². The van der Waals surface area contributed by atoms with E-state index in [0.717, 1.165) is 30.6 Å². The monoisotopic (exact) mass is 241 g/mol. The van der Waals surface area contributed by atoms with E-state index in [1.807, 2.05) is 6.07 Å². The third kappa shape index (κ3) is 2.32. The van der Waals surface area contributed by atoms with Crippen LogP contribution >= 0.6 is 11.6 Å². The van der Waals surface area contributed by atoms with Gasteiger partial charge in [-0.25, -0.2) is 0 Å². The molecule has 1 fully saturated rings. The van der Waals surface area contributed by atoms with Crippen molar-refractivity contribution in [3.63, 3.8) is 0 Å². The molecule has 1 aromatic rings. The maximum absolute atomic E-state index is 9.93. The van der Waals surface area contributed by atoms with Crippen molar-refractivity contribution in [2.45, 2.75) is 19.4 Å². The van der Waals surface area contributed by atoms with Crippen LogP contribution in [-0.2, 0) is 11.2 Å². The van der Waals surface area contributed by atoms with E-state index < -0.39 is 0 Å². The van der Waals surface area contributed by atoms with Gasteiger partial charge in [0.15, 0.2) is 0 Å². The Morgan fingerprint density at radius 2 is 2.38 bits per heavy atom. The number of aryl methyl sites for hydroxylation is 1. The fraction of sp³-hybridized carbons (Fsp3) is 0.500. The molecule has 1 heterocycles. The molecule has 2 N–H and O–H groups in total. The number of nitrogens with one attached hydrogen (secondary N) is 1. The first kappa shape index (κ1) is 11.7. The van der Waals surface area contributed by atoms with Crippen molar-refractivity contribution in [1.82, 2.24) is 5.32 Å². The van der Waals surface area contributed by atoms with Crippen molar-refractivity contribution >= 4 is 11.6 Å². The zero-order valence-corrected chi connectivity index (χ0v) is 10.0. The Labute approximate surface area is 100 Å². The summed E-state index contributed by atoms with van der Waals surface area (Å²) >= 11 is 5.99. The number of hydrogen-bond acceptors (Lipinski definition) is 3. The van der Waals surface area contributed by atoms with Crippen molar-refractivity contribution < 1.29 is 9.84 Å². The van der Waals surface area contributed by atoms with Gasteiger partial charge in [0.05, 0.1) is 17.7 Å². The third-order valence-electron chi connectivity index (χ3n) is 2.84. The fourth-order valence-electron chi connectivity index (χ4n) is 1.89. The standard InChI is InChI=1S/C12H16ClNO2/c1-2-8-5-9(12(15)10(13)6-8)11-7-14-3-4-16-11/h5-6,11,14-15H,2-4,7H2,1H3. The van der Waals surface area contributed by atoms with Crippen molar-refractivity contribution in [3.05, 3.63) is 28.3 Å². The Morgan fingerprint density at radius 1 is 1.56 bits per heavy atom. The molecule has 88 valence electrons. The Balaban J connectivity index is 2.33. The van der Waals surface area contributed by atoms with Crippen molar-refractivity contribution in [1.29, 1.82) is 0 Å². The summed E-state index contributed by atoms with van der Waals surface area (Å²) in [5.41, 5.74) is 1.91. The minimum absolute atomic E-state index is 0.0993. The van der Waals surface area contributed by atoms with E-state index in [4.69, 9.17) is 16.3 Å². The van der Waals surface area contributed by atoms with E-state index >= 15 is 0 Å². The molecule has 0 saturated carbocycles. The second-order valence-corrected chi connectivity index (χ2v) is 4.34. The van der Waals surface area contributed by atoms with Gasteiger partial charge in [0.2, 0.25) is 0 Å². The smallest absolute Gasteiger partial charge is 0.140 e. The summed E-state index contributed by atoms with van der Waals surface area (Å²) in [6.07, 6.45) is 0.797. The molecule has 0 aromatic heterocycles. The maximum Gasteiger partial charge on any atom is 0.140 e. The fourth-order valence-corrected chi connectivity index (χ4v) is 2.14. The number of phenols is 1. The number of aromatic hydroxyl groups is 1. The first-order chi connectivity index (χ1) is 7.72. The van der Waals surface area contributed by atoms with Gasteiger partial charge in [0.25, 0.3) is 0 Å². The lowest BCUT2D eigenvalue weighted by molar-refractivity contribution is 0.0263. The predicted octanol–water partition coefficient (Wildman–Crippen LogP) is 2.27. The summed E-state index contributed by atoms with van der Waals surface area (Å²) in [5.74, 6) is 0.146. The van der Waals surface area contributed by atoms with Gasteiger partial charge >= 0.3 is 0 Å².